The zero-order valence-electron chi connectivity index (χ0n) is 33.6. The zero-order chi connectivity index (χ0) is 36.4. The highest BCUT2D eigenvalue weighted by atomic mass is 16.3. The molecule has 0 unspecified atom stereocenters. The second-order valence-corrected chi connectivity index (χ2v) is 14.8. The van der Waals surface area contributed by atoms with Gasteiger partial charge in [-0.25, -0.2) is 9.59 Å². The number of hydrogen-bond acceptors (Lipinski definition) is 4. The van der Waals surface area contributed by atoms with Crippen molar-refractivity contribution in [1.29, 1.82) is 0 Å². The van der Waals surface area contributed by atoms with Gasteiger partial charge in [-0.2, -0.15) is 0 Å². The van der Waals surface area contributed by atoms with Gasteiger partial charge in [-0.15, -0.1) is 0 Å². The van der Waals surface area contributed by atoms with E-state index in [4.69, 9.17) is 0 Å². The number of carbonyl (C=O) groups excluding carboxylic acids is 2. The van der Waals surface area contributed by atoms with Gasteiger partial charge in [0, 0.05) is 32.8 Å². The normalized spacial score (nSPS) is 11.3. The van der Waals surface area contributed by atoms with Crippen molar-refractivity contribution in [3.8, 4) is 0 Å². The number of aliphatic hydroxyl groups is 1. The minimum absolute atomic E-state index is 0.0189. The summed E-state index contributed by atoms with van der Waals surface area (Å²) in [5.74, 6) is 0. The second-order valence-electron chi connectivity index (χ2n) is 14.8. The van der Waals surface area contributed by atoms with Crippen molar-refractivity contribution >= 4 is 12.1 Å². The Hall–Kier alpha value is -1.54. The van der Waals surface area contributed by atoms with Gasteiger partial charge < -0.3 is 31.3 Å². The maximum atomic E-state index is 12.1. The molecular formula is C42H87N5O3. The molecule has 5 N–H and O–H groups in total. The molecule has 4 amide bonds. The lowest BCUT2D eigenvalue weighted by molar-refractivity contribution is 0.233. The van der Waals surface area contributed by atoms with Crippen LogP contribution in [-0.4, -0.2) is 74.5 Å². The van der Waals surface area contributed by atoms with Crippen LogP contribution < -0.4 is 21.3 Å². The van der Waals surface area contributed by atoms with E-state index in [1.54, 1.807) is 0 Å². The third kappa shape index (κ3) is 39.2. The highest BCUT2D eigenvalue weighted by Crippen LogP contribution is 2.12. The summed E-state index contributed by atoms with van der Waals surface area (Å²) < 4.78 is 0. The summed E-state index contributed by atoms with van der Waals surface area (Å²) in [6, 6.07) is -0.0377. The number of nitrogens with one attached hydrogen (secondary N) is 4. The highest BCUT2D eigenvalue weighted by Gasteiger charge is 2.06. The smallest absolute Gasteiger partial charge is 0.314 e. The fourth-order valence-electron chi connectivity index (χ4n) is 6.57. The van der Waals surface area contributed by atoms with E-state index in [-0.39, 0.29) is 18.7 Å². The van der Waals surface area contributed by atoms with E-state index in [1.807, 2.05) is 0 Å². The van der Waals surface area contributed by atoms with Crippen molar-refractivity contribution < 1.29 is 14.7 Å². The number of amides is 4. The largest absolute Gasteiger partial charge is 0.396 e. The van der Waals surface area contributed by atoms with Crippen LogP contribution in [-0.2, 0) is 0 Å². The Kier molecular flexibility index (Phi) is 40.6. The molecule has 0 saturated carbocycles. The number of unbranched alkanes of at least 4 members (excludes halogenated alkanes) is 25. The fraction of sp³-hybridized carbons (Fsp3) is 0.952. The molecule has 0 aliphatic rings. The van der Waals surface area contributed by atoms with Gasteiger partial charge in [0.25, 0.3) is 0 Å². The number of urea groups is 2. The number of rotatable bonds is 40. The Morgan fingerprint density at radius 1 is 0.360 bits per heavy atom. The Morgan fingerprint density at radius 2 is 0.600 bits per heavy atom. The summed E-state index contributed by atoms with van der Waals surface area (Å²) in [6.45, 7) is 11.1. The lowest BCUT2D eigenvalue weighted by Crippen LogP contribution is -2.36. The van der Waals surface area contributed by atoms with Gasteiger partial charge in [0.05, 0.1) is 0 Å². The van der Waals surface area contributed by atoms with Gasteiger partial charge in [0.1, 0.15) is 0 Å². The van der Waals surface area contributed by atoms with E-state index >= 15 is 0 Å². The van der Waals surface area contributed by atoms with E-state index in [0.717, 1.165) is 97.2 Å². The van der Waals surface area contributed by atoms with E-state index in [2.05, 4.69) is 40.0 Å². The maximum absolute atomic E-state index is 12.1. The van der Waals surface area contributed by atoms with Gasteiger partial charge in [-0.1, -0.05) is 155 Å². The van der Waals surface area contributed by atoms with Crippen molar-refractivity contribution in [1.82, 2.24) is 26.2 Å². The van der Waals surface area contributed by atoms with Gasteiger partial charge in [-0.3, -0.25) is 0 Å². The molecule has 0 aromatic rings. The monoisotopic (exact) mass is 710 g/mol. The van der Waals surface area contributed by atoms with Gasteiger partial charge in [0.15, 0.2) is 0 Å². The average molecular weight is 710 g/mol. The molecule has 8 heteroatoms. The van der Waals surface area contributed by atoms with Crippen molar-refractivity contribution in [2.24, 2.45) is 0 Å². The van der Waals surface area contributed by atoms with E-state index in [0.29, 0.717) is 0 Å². The van der Waals surface area contributed by atoms with E-state index in [1.165, 1.54) is 141 Å². The number of nitrogens with zero attached hydrogens (tertiary/aromatic N) is 1. The van der Waals surface area contributed by atoms with Crippen LogP contribution in [0.4, 0.5) is 9.59 Å². The van der Waals surface area contributed by atoms with Crippen LogP contribution in [0.5, 0.6) is 0 Å². The van der Waals surface area contributed by atoms with E-state index < -0.39 is 0 Å². The fourth-order valence-corrected chi connectivity index (χ4v) is 6.57. The van der Waals surface area contributed by atoms with Crippen LogP contribution in [0.25, 0.3) is 0 Å². The lowest BCUT2D eigenvalue weighted by Gasteiger charge is -2.22. The minimum atomic E-state index is -0.0189. The lowest BCUT2D eigenvalue weighted by atomic mass is 10.1. The molecular weight excluding hydrogens is 622 g/mol. The summed E-state index contributed by atoms with van der Waals surface area (Å²) in [5.41, 5.74) is 0. The molecule has 0 aromatic heterocycles. The number of carbonyl (C=O) groups is 2. The number of aliphatic hydroxyl groups excluding tert-OH is 1. The number of hydrogen-bond donors (Lipinski definition) is 5. The quantitative estimate of drug-likeness (QED) is 0.0408. The summed E-state index contributed by atoms with van der Waals surface area (Å²) in [7, 11) is 0. The SMILES string of the molecule is CCCCCCCCCCCCNC(=O)NCCCCCCN(CCCCO)CCCCCCNC(=O)NCCCCCCCCCCCC. The molecule has 0 atom stereocenters. The predicted molar refractivity (Wildman–Crippen MR) is 216 cm³/mol. The molecule has 0 rings (SSSR count). The molecule has 0 bridgehead atoms. The topological polar surface area (TPSA) is 106 Å². The first-order valence-electron chi connectivity index (χ1n) is 22.0. The van der Waals surface area contributed by atoms with Crippen LogP contribution in [0.15, 0.2) is 0 Å². The summed E-state index contributed by atoms with van der Waals surface area (Å²) in [5, 5.41) is 21.3. The second kappa shape index (κ2) is 41.9. The van der Waals surface area contributed by atoms with Crippen LogP contribution in [0.1, 0.15) is 206 Å². The molecule has 0 aromatic carbocycles. The first-order valence-corrected chi connectivity index (χ1v) is 22.0. The Balaban J connectivity index is 3.67. The summed E-state index contributed by atoms with van der Waals surface area (Å²) in [6.07, 6.45) is 37.3. The van der Waals surface area contributed by atoms with Crippen LogP contribution in [0.2, 0.25) is 0 Å². The van der Waals surface area contributed by atoms with Crippen molar-refractivity contribution in [3.63, 3.8) is 0 Å². The first kappa shape index (κ1) is 48.5. The average Bonchev–Trinajstić information content (AvgIpc) is 3.11. The molecule has 50 heavy (non-hydrogen) atoms. The molecule has 0 spiro atoms. The molecule has 0 saturated heterocycles. The van der Waals surface area contributed by atoms with Crippen molar-refractivity contribution in [2.45, 2.75) is 206 Å². The molecule has 298 valence electrons. The molecule has 0 aliphatic carbocycles. The molecule has 8 nitrogen and oxygen atoms in total. The third-order valence-electron chi connectivity index (χ3n) is 9.89. The molecule has 0 aliphatic heterocycles. The van der Waals surface area contributed by atoms with Gasteiger partial charge >= 0.3 is 12.1 Å². The van der Waals surface area contributed by atoms with Crippen molar-refractivity contribution in [3.05, 3.63) is 0 Å². The first-order chi connectivity index (χ1) is 24.6. The van der Waals surface area contributed by atoms with E-state index in [9.17, 15) is 14.7 Å². The van der Waals surface area contributed by atoms with Crippen LogP contribution >= 0.6 is 0 Å². The van der Waals surface area contributed by atoms with Crippen LogP contribution in [0, 0.1) is 0 Å². The summed E-state index contributed by atoms with van der Waals surface area (Å²) in [4.78, 5) is 26.7. The molecule has 0 fully saturated rings. The standard InChI is InChI=1S/C42H87N5O3/c1-3-5-7-9-11-13-15-17-19-25-33-43-41(49)45-35-27-21-23-29-37-47(39-31-32-40-48)38-30-24-22-28-36-46-42(50)44-34-26-20-18-16-14-12-10-8-6-4-2/h48H,3-40H2,1-2H3,(H2,43,45,49)(H2,44,46,50). The Labute approximate surface area is 311 Å². The predicted octanol–water partition coefficient (Wildman–Crippen LogP) is 10.6. The molecule has 0 heterocycles. The van der Waals surface area contributed by atoms with Crippen LogP contribution in [0.3, 0.4) is 0 Å². The van der Waals surface area contributed by atoms with Gasteiger partial charge in [-0.05, 0) is 71.0 Å². The van der Waals surface area contributed by atoms with Gasteiger partial charge in [0.2, 0.25) is 0 Å². The Morgan fingerprint density at radius 3 is 0.880 bits per heavy atom. The highest BCUT2D eigenvalue weighted by molar-refractivity contribution is 5.74. The zero-order valence-corrected chi connectivity index (χ0v) is 33.6. The molecule has 0 radical (unpaired) electrons. The third-order valence-corrected chi connectivity index (χ3v) is 9.89. The maximum Gasteiger partial charge on any atom is 0.314 e. The summed E-state index contributed by atoms with van der Waals surface area (Å²) >= 11 is 0. The Bertz CT molecular complexity index is 644. The van der Waals surface area contributed by atoms with Crippen molar-refractivity contribution in [2.75, 3.05) is 52.4 Å². The minimum Gasteiger partial charge on any atom is -0.396 e.